The Hall–Kier alpha value is -1.39. The maximum Gasteiger partial charge on any atom is 0.265 e. The molecule has 0 aliphatic carbocycles. The minimum Gasteiger partial charge on any atom is -0.362 e. The van der Waals surface area contributed by atoms with Crippen LogP contribution in [-0.2, 0) is 15.1 Å². The van der Waals surface area contributed by atoms with E-state index in [2.05, 4.69) is 0 Å². The third-order valence-corrected chi connectivity index (χ3v) is 2.99. The summed E-state index contributed by atoms with van der Waals surface area (Å²) >= 11 is 0. The van der Waals surface area contributed by atoms with E-state index in [0.29, 0.717) is 0 Å². The van der Waals surface area contributed by atoms with E-state index >= 15 is 0 Å². The Balaban J connectivity index is 2.65. The molecule has 0 saturated carbocycles. The lowest BCUT2D eigenvalue weighted by atomic mass is 9.95. The van der Waals surface area contributed by atoms with Gasteiger partial charge < -0.3 is 15.4 Å². The van der Waals surface area contributed by atoms with Crippen LogP contribution in [0, 0.1) is 0 Å². The first-order valence-electron chi connectivity index (χ1n) is 4.80. The maximum atomic E-state index is 12.1. The van der Waals surface area contributed by atoms with E-state index in [9.17, 15) is 4.79 Å². The number of likely N-dealkylation sites (N-methyl/N-ethyl adjacent to an activating group) is 1. The van der Waals surface area contributed by atoms with Crippen molar-refractivity contribution in [2.45, 2.75) is 5.60 Å². The Morgan fingerprint density at radius 3 is 2.73 bits per heavy atom. The molecule has 1 atom stereocenters. The van der Waals surface area contributed by atoms with E-state index in [1.54, 1.807) is 11.9 Å². The number of carbonyl (C=O) groups excluding carboxylic acids is 1. The predicted molar refractivity (Wildman–Crippen MR) is 57.6 cm³/mol. The first-order chi connectivity index (χ1) is 7.17. The number of fused-ring (bicyclic) bond motifs is 1. The highest BCUT2D eigenvalue weighted by atomic mass is 16.5. The highest BCUT2D eigenvalue weighted by Gasteiger charge is 2.49. The summed E-state index contributed by atoms with van der Waals surface area (Å²) in [5.41, 5.74) is 6.40. The Labute approximate surface area is 88.6 Å². The van der Waals surface area contributed by atoms with Crippen LogP contribution in [-0.4, -0.2) is 26.6 Å². The SMILES string of the molecule is COC1(CN)C(=O)N(C)c2ccccc21. The van der Waals surface area contributed by atoms with E-state index in [1.807, 2.05) is 24.3 Å². The average Bonchev–Trinajstić information content (AvgIpc) is 2.51. The standard InChI is InChI=1S/C11H14N2O2/c1-13-9-6-4-3-5-8(9)11(7-12,15-2)10(13)14/h3-6H,7,12H2,1-2H3. The smallest absolute Gasteiger partial charge is 0.265 e. The van der Waals surface area contributed by atoms with Gasteiger partial charge in [0.2, 0.25) is 0 Å². The van der Waals surface area contributed by atoms with E-state index in [1.165, 1.54) is 7.11 Å². The summed E-state index contributed by atoms with van der Waals surface area (Å²) < 4.78 is 5.34. The highest BCUT2D eigenvalue weighted by Crippen LogP contribution is 2.40. The van der Waals surface area contributed by atoms with Crippen LogP contribution in [0.4, 0.5) is 5.69 Å². The number of hydrogen-bond acceptors (Lipinski definition) is 3. The van der Waals surface area contributed by atoms with E-state index in [-0.39, 0.29) is 12.5 Å². The van der Waals surface area contributed by atoms with Crippen LogP contribution in [0.1, 0.15) is 5.56 Å². The molecule has 4 heteroatoms. The minimum absolute atomic E-state index is 0.103. The van der Waals surface area contributed by atoms with Crippen LogP contribution < -0.4 is 10.6 Å². The van der Waals surface area contributed by atoms with Gasteiger partial charge in [0.25, 0.3) is 5.91 Å². The van der Waals surface area contributed by atoms with Crippen molar-refractivity contribution >= 4 is 11.6 Å². The van der Waals surface area contributed by atoms with E-state index in [4.69, 9.17) is 10.5 Å². The lowest BCUT2D eigenvalue weighted by Gasteiger charge is -2.24. The largest absolute Gasteiger partial charge is 0.362 e. The van der Waals surface area contributed by atoms with Gasteiger partial charge >= 0.3 is 0 Å². The molecule has 4 nitrogen and oxygen atoms in total. The summed E-state index contributed by atoms with van der Waals surface area (Å²) in [5, 5.41) is 0. The molecule has 2 N–H and O–H groups in total. The van der Waals surface area contributed by atoms with Gasteiger partial charge in [0.05, 0.1) is 5.69 Å². The molecule has 15 heavy (non-hydrogen) atoms. The predicted octanol–water partition coefficient (Wildman–Crippen LogP) is 0.463. The Bertz CT molecular complexity index is 399. The van der Waals surface area contributed by atoms with Crippen LogP contribution in [0.25, 0.3) is 0 Å². The summed E-state index contributed by atoms with van der Waals surface area (Å²) in [6.07, 6.45) is 0. The van der Waals surface area contributed by atoms with Crippen LogP contribution in [0.15, 0.2) is 24.3 Å². The molecule has 0 fully saturated rings. The fraction of sp³-hybridized carbons (Fsp3) is 0.364. The number of nitrogens with zero attached hydrogens (tertiary/aromatic N) is 1. The van der Waals surface area contributed by atoms with Gasteiger partial charge in [0.1, 0.15) is 0 Å². The fourth-order valence-corrected chi connectivity index (χ4v) is 2.08. The first kappa shape index (κ1) is 10.1. The second-order valence-corrected chi connectivity index (χ2v) is 3.62. The number of carbonyl (C=O) groups is 1. The van der Waals surface area contributed by atoms with Gasteiger partial charge in [-0.3, -0.25) is 4.79 Å². The monoisotopic (exact) mass is 206 g/mol. The number of benzene rings is 1. The van der Waals surface area contributed by atoms with Crippen molar-refractivity contribution in [1.82, 2.24) is 0 Å². The molecule has 0 bridgehead atoms. The third-order valence-electron chi connectivity index (χ3n) is 2.99. The van der Waals surface area contributed by atoms with Crippen molar-refractivity contribution in [3.05, 3.63) is 29.8 Å². The van der Waals surface area contributed by atoms with Crippen LogP contribution in [0.3, 0.4) is 0 Å². The van der Waals surface area contributed by atoms with Gasteiger partial charge in [-0.05, 0) is 6.07 Å². The number of ether oxygens (including phenoxy) is 1. The van der Waals surface area contributed by atoms with Crippen molar-refractivity contribution in [2.75, 3.05) is 25.6 Å². The van der Waals surface area contributed by atoms with Gasteiger partial charge in [0, 0.05) is 26.3 Å². The van der Waals surface area contributed by atoms with Gasteiger partial charge in [-0.1, -0.05) is 18.2 Å². The first-order valence-corrected chi connectivity index (χ1v) is 4.80. The third kappa shape index (κ3) is 1.12. The van der Waals surface area contributed by atoms with Gasteiger partial charge in [-0.2, -0.15) is 0 Å². The lowest BCUT2D eigenvalue weighted by Crippen LogP contribution is -2.45. The number of anilines is 1. The van der Waals surface area contributed by atoms with Crippen molar-refractivity contribution in [3.8, 4) is 0 Å². The molecule has 1 heterocycles. The van der Waals surface area contributed by atoms with E-state index < -0.39 is 5.60 Å². The molecule has 1 aromatic rings. The minimum atomic E-state index is -0.995. The summed E-state index contributed by atoms with van der Waals surface area (Å²) in [7, 11) is 3.25. The van der Waals surface area contributed by atoms with Crippen LogP contribution in [0.5, 0.6) is 0 Å². The summed E-state index contributed by atoms with van der Waals surface area (Å²) in [6, 6.07) is 7.55. The number of nitrogens with two attached hydrogens (primary N) is 1. The zero-order valence-electron chi connectivity index (χ0n) is 8.86. The number of hydrogen-bond donors (Lipinski definition) is 1. The van der Waals surface area contributed by atoms with Crippen molar-refractivity contribution < 1.29 is 9.53 Å². The molecule has 1 unspecified atom stereocenters. The molecule has 1 aliphatic heterocycles. The molecule has 0 spiro atoms. The summed E-state index contributed by atoms with van der Waals surface area (Å²) in [6.45, 7) is 0.156. The zero-order chi connectivity index (χ0) is 11.1. The summed E-state index contributed by atoms with van der Waals surface area (Å²) in [5.74, 6) is -0.103. The molecule has 2 rings (SSSR count). The summed E-state index contributed by atoms with van der Waals surface area (Å²) in [4.78, 5) is 13.7. The molecule has 0 saturated heterocycles. The van der Waals surface area contributed by atoms with E-state index in [0.717, 1.165) is 11.3 Å². The molecule has 80 valence electrons. The van der Waals surface area contributed by atoms with Crippen molar-refractivity contribution in [2.24, 2.45) is 5.73 Å². The zero-order valence-corrected chi connectivity index (χ0v) is 8.86. The second kappa shape index (κ2) is 3.32. The molecule has 1 aliphatic rings. The molecule has 1 amide bonds. The topological polar surface area (TPSA) is 55.6 Å². The van der Waals surface area contributed by atoms with Crippen molar-refractivity contribution in [1.29, 1.82) is 0 Å². The van der Waals surface area contributed by atoms with Crippen LogP contribution in [0.2, 0.25) is 0 Å². The molecule has 0 aromatic heterocycles. The fourth-order valence-electron chi connectivity index (χ4n) is 2.08. The Morgan fingerprint density at radius 2 is 2.13 bits per heavy atom. The number of rotatable bonds is 2. The average molecular weight is 206 g/mol. The molecular formula is C11H14N2O2. The normalized spacial score (nSPS) is 24.5. The molecule has 0 radical (unpaired) electrons. The maximum absolute atomic E-state index is 12.1. The molecule has 1 aromatic carbocycles. The van der Waals surface area contributed by atoms with Gasteiger partial charge in [-0.25, -0.2) is 0 Å². The number of amides is 1. The Morgan fingerprint density at radius 1 is 1.47 bits per heavy atom. The quantitative estimate of drug-likeness (QED) is 0.765. The number of methoxy groups -OCH3 is 1. The van der Waals surface area contributed by atoms with Crippen LogP contribution >= 0.6 is 0 Å². The van der Waals surface area contributed by atoms with Crippen molar-refractivity contribution in [3.63, 3.8) is 0 Å². The van der Waals surface area contributed by atoms with Gasteiger partial charge in [-0.15, -0.1) is 0 Å². The molecular weight excluding hydrogens is 192 g/mol. The van der Waals surface area contributed by atoms with Gasteiger partial charge in [0.15, 0.2) is 5.60 Å². The highest BCUT2D eigenvalue weighted by molar-refractivity contribution is 6.06. The second-order valence-electron chi connectivity index (χ2n) is 3.62. The number of para-hydroxylation sites is 1. The Kier molecular flexibility index (Phi) is 2.25. The lowest BCUT2D eigenvalue weighted by molar-refractivity contribution is -0.138.